The van der Waals surface area contributed by atoms with Crippen LogP contribution >= 0.6 is 15.9 Å². The van der Waals surface area contributed by atoms with Gasteiger partial charge in [-0.25, -0.2) is 4.39 Å². The minimum Gasteiger partial charge on any atom is -0.397 e. The van der Waals surface area contributed by atoms with E-state index in [1.54, 1.807) is 12.1 Å². The van der Waals surface area contributed by atoms with E-state index in [4.69, 9.17) is 5.73 Å². The number of nitrogen functional groups attached to an aromatic ring is 1. The summed E-state index contributed by atoms with van der Waals surface area (Å²) in [5.41, 5.74) is 8.12. The maximum atomic E-state index is 13.7. The second-order valence-corrected chi connectivity index (χ2v) is 5.07. The SMILES string of the molecule is CN(Cc1cc(Br)ccc1F)c1ccccc1N. The molecule has 2 nitrogen and oxygen atoms in total. The van der Waals surface area contributed by atoms with Crippen LogP contribution in [0, 0.1) is 5.82 Å². The molecule has 0 aliphatic carbocycles. The molecule has 0 amide bonds. The Balaban J connectivity index is 2.24. The first-order chi connectivity index (χ1) is 8.58. The molecule has 18 heavy (non-hydrogen) atoms. The normalized spacial score (nSPS) is 10.4. The highest BCUT2D eigenvalue weighted by Gasteiger charge is 2.09. The molecule has 0 heterocycles. The van der Waals surface area contributed by atoms with Crippen molar-refractivity contribution in [2.24, 2.45) is 0 Å². The number of halogens is 2. The monoisotopic (exact) mass is 308 g/mol. The molecule has 2 rings (SSSR count). The Morgan fingerprint density at radius 3 is 2.67 bits per heavy atom. The standard InChI is InChI=1S/C14H14BrFN2/c1-18(14-5-3-2-4-13(14)17)9-10-8-11(15)6-7-12(10)16/h2-8H,9,17H2,1H3. The summed E-state index contributed by atoms with van der Waals surface area (Å²) in [7, 11) is 1.89. The van der Waals surface area contributed by atoms with Gasteiger partial charge in [-0.15, -0.1) is 0 Å². The zero-order valence-electron chi connectivity index (χ0n) is 10.0. The smallest absolute Gasteiger partial charge is 0.128 e. The molecule has 0 atom stereocenters. The summed E-state index contributed by atoms with van der Waals surface area (Å²) in [5.74, 6) is -0.209. The second-order valence-electron chi connectivity index (χ2n) is 4.15. The fourth-order valence-electron chi connectivity index (χ4n) is 1.84. The number of hydrogen-bond donors (Lipinski definition) is 1. The van der Waals surface area contributed by atoms with Crippen molar-refractivity contribution in [1.29, 1.82) is 0 Å². The molecule has 2 aromatic rings. The maximum absolute atomic E-state index is 13.7. The topological polar surface area (TPSA) is 29.3 Å². The van der Waals surface area contributed by atoms with Crippen LogP contribution in [-0.4, -0.2) is 7.05 Å². The van der Waals surface area contributed by atoms with Crippen molar-refractivity contribution in [1.82, 2.24) is 0 Å². The number of nitrogens with zero attached hydrogens (tertiary/aromatic N) is 1. The van der Waals surface area contributed by atoms with Crippen molar-refractivity contribution in [3.05, 3.63) is 58.3 Å². The van der Waals surface area contributed by atoms with Crippen molar-refractivity contribution < 1.29 is 4.39 Å². The van der Waals surface area contributed by atoms with E-state index in [0.717, 1.165) is 10.2 Å². The van der Waals surface area contributed by atoms with Gasteiger partial charge in [0.25, 0.3) is 0 Å². The summed E-state index contributed by atoms with van der Waals surface area (Å²) in [6, 6.07) is 12.5. The van der Waals surface area contributed by atoms with Crippen LogP contribution < -0.4 is 10.6 Å². The summed E-state index contributed by atoms with van der Waals surface area (Å²) < 4.78 is 14.5. The van der Waals surface area contributed by atoms with Crippen LogP contribution in [0.25, 0.3) is 0 Å². The van der Waals surface area contributed by atoms with Crippen molar-refractivity contribution in [3.63, 3.8) is 0 Å². The summed E-state index contributed by atoms with van der Waals surface area (Å²) in [5, 5.41) is 0. The van der Waals surface area contributed by atoms with E-state index in [0.29, 0.717) is 17.8 Å². The molecule has 0 saturated carbocycles. The average molecular weight is 309 g/mol. The summed E-state index contributed by atoms with van der Waals surface area (Å²) in [4.78, 5) is 1.93. The lowest BCUT2D eigenvalue weighted by Crippen LogP contribution is -2.18. The third-order valence-corrected chi connectivity index (χ3v) is 3.26. The van der Waals surface area contributed by atoms with Crippen molar-refractivity contribution in [3.8, 4) is 0 Å². The van der Waals surface area contributed by atoms with Gasteiger partial charge in [-0.3, -0.25) is 0 Å². The summed E-state index contributed by atoms with van der Waals surface area (Å²) >= 11 is 3.35. The highest BCUT2D eigenvalue weighted by atomic mass is 79.9. The molecular weight excluding hydrogens is 295 g/mol. The third kappa shape index (κ3) is 2.82. The van der Waals surface area contributed by atoms with Crippen LogP contribution in [0.5, 0.6) is 0 Å². The Bertz CT molecular complexity index is 557. The molecule has 2 N–H and O–H groups in total. The first-order valence-electron chi connectivity index (χ1n) is 5.57. The predicted molar refractivity (Wildman–Crippen MR) is 77.1 cm³/mol. The maximum Gasteiger partial charge on any atom is 0.128 e. The number of hydrogen-bond acceptors (Lipinski definition) is 2. The molecule has 94 valence electrons. The van der Waals surface area contributed by atoms with E-state index in [1.165, 1.54) is 6.07 Å². The Morgan fingerprint density at radius 2 is 1.94 bits per heavy atom. The van der Waals surface area contributed by atoms with E-state index in [-0.39, 0.29) is 5.82 Å². The van der Waals surface area contributed by atoms with Gasteiger partial charge in [0.1, 0.15) is 5.82 Å². The number of rotatable bonds is 3. The largest absolute Gasteiger partial charge is 0.397 e. The molecule has 4 heteroatoms. The molecule has 0 fully saturated rings. The van der Waals surface area contributed by atoms with Gasteiger partial charge < -0.3 is 10.6 Å². The van der Waals surface area contributed by atoms with Gasteiger partial charge in [0.05, 0.1) is 11.4 Å². The number of benzene rings is 2. The molecule has 0 aliphatic heterocycles. The van der Waals surface area contributed by atoms with Gasteiger partial charge in [-0.05, 0) is 30.3 Å². The van der Waals surface area contributed by atoms with Gasteiger partial charge in [0, 0.05) is 23.6 Å². The van der Waals surface area contributed by atoms with E-state index < -0.39 is 0 Å². The highest BCUT2D eigenvalue weighted by molar-refractivity contribution is 9.10. The van der Waals surface area contributed by atoms with Gasteiger partial charge in [0.2, 0.25) is 0 Å². The number of nitrogens with two attached hydrogens (primary N) is 1. The number of anilines is 2. The Labute approximate surface area is 114 Å². The number of para-hydroxylation sites is 2. The van der Waals surface area contributed by atoms with Crippen LogP contribution in [-0.2, 0) is 6.54 Å². The van der Waals surface area contributed by atoms with E-state index in [1.807, 2.05) is 36.2 Å². The van der Waals surface area contributed by atoms with Gasteiger partial charge in [-0.1, -0.05) is 28.1 Å². The van der Waals surface area contributed by atoms with Crippen LogP contribution in [0.15, 0.2) is 46.9 Å². The van der Waals surface area contributed by atoms with Crippen LogP contribution in [0.1, 0.15) is 5.56 Å². The Hall–Kier alpha value is -1.55. The first-order valence-corrected chi connectivity index (χ1v) is 6.37. The second kappa shape index (κ2) is 5.40. The Kier molecular flexibility index (Phi) is 3.87. The molecule has 0 saturated heterocycles. The van der Waals surface area contributed by atoms with E-state index in [9.17, 15) is 4.39 Å². The van der Waals surface area contributed by atoms with Crippen molar-refractivity contribution >= 4 is 27.3 Å². The lowest BCUT2D eigenvalue weighted by Gasteiger charge is -2.21. The fraction of sp³-hybridized carbons (Fsp3) is 0.143. The summed E-state index contributed by atoms with van der Waals surface area (Å²) in [6.45, 7) is 0.472. The predicted octanol–water partition coefficient (Wildman–Crippen LogP) is 3.81. The van der Waals surface area contributed by atoms with Crippen molar-refractivity contribution in [2.75, 3.05) is 17.7 Å². The minimum atomic E-state index is -0.209. The van der Waals surface area contributed by atoms with Crippen LogP contribution in [0.4, 0.5) is 15.8 Å². The molecule has 0 aliphatic rings. The van der Waals surface area contributed by atoms with Crippen LogP contribution in [0.2, 0.25) is 0 Å². The van der Waals surface area contributed by atoms with E-state index >= 15 is 0 Å². The van der Waals surface area contributed by atoms with Gasteiger partial charge in [0.15, 0.2) is 0 Å². The first kappa shape index (κ1) is 12.9. The van der Waals surface area contributed by atoms with Gasteiger partial charge >= 0.3 is 0 Å². The lowest BCUT2D eigenvalue weighted by molar-refractivity contribution is 0.607. The zero-order valence-corrected chi connectivity index (χ0v) is 11.6. The van der Waals surface area contributed by atoms with E-state index in [2.05, 4.69) is 15.9 Å². The molecule has 0 radical (unpaired) electrons. The van der Waals surface area contributed by atoms with Crippen molar-refractivity contribution in [2.45, 2.75) is 6.54 Å². The lowest BCUT2D eigenvalue weighted by atomic mass is 10.2. The third-order valence-electron chi connectivity index (χ3n) is 2.76. The fourth-order valence-corrected chi connectivity index (χ4v) is 2.25. The Morgan fingerprint density at radius 1 is 1.22 bits per heavy atom. The molecule has 0 spiro atoms. The molecule has 0 aromatic heterocycles. The summed E-state index contributed by atoms with van der Waals surface area (Å²) in [6.07, 6.45) is 0. The molecule has 2 aromatic carbocycles. The molecule has 0 unspecified atom stereocenters. The quantitative estimate of drug-likeness (QED) is 0.874. The highest BCUT2D eigenvalue weighted by Crippen LogP contribution is 2.24. The van der Waals surface area contributed by atoms with Gasteiger partial charge in [-0.2, -0.15) is 0 Å². The average Bonchev–Trinajstić information content (AvgIpc) is 2.34. The zero-order chi connectivity index (χ0) is 13.1. The van der Waals surface area contributed by atoms with Crippen LogP contribution in [0.3, 0.4) is 0 Å². The minimum absolute atomic E-state index is 0.209. The molecule has 0 bridgehead atoms. The molecular formula is C14H14BrFN2.